The summed E-state index contributed by atoms with van der Waals surface area (Å²) in [6.07, 6.45) is 4.81. The second-order valence-electron chi connectivity index (χ2n) is 5.88. The number of ether oxygens (including phenoxy) is 2. The number of hydrogen-bond donors (Lipinski definition) is 2. The van der Waals surface area contributed by atoms with Crippen molar-refractivity contribution in [2.45, 2.75) is 25.3 Å². The maximum absolute atomic E-state index is 5.76. The molecule has 0 amide bonds. The predicted octanol–water partition coefficient (Wildman–Crippen LogP) is 2.62. The van der Waals surface area contributed by atoms with Crippen molar-refractivity contribution in [1.29, 1.82) is 0 Å². The Morgan fingerprint density at radius 3 is 2.71 bits per heavy atom. The molecule has 2 aromatic rings. The van der Waals surface area contributed by atoms with E-state index in [1.807, 2.05) is 30.3 Å². The number of nitrogens with one attached hydrogen (secondary N) is 2. The van der Waals surface area contributed by atoms with Gasteiger partial charge in [0.1, 0.15) is 11.6 Å². The van der Waals surface area contributed by atoms with Crippen LogP contribution >= 0.6 is 0 Å². The summed E-state index contributed by atoms with van der Waals surface area (Å²) in [5, 5.41) is 6.81. The van der Waals surface area contributed by atoms with Crippen LogP contribution < -0.4 is 15.4 Å². The molecule has 2 N–H and O–H groups in total. The maximum atomic E-state index is 5.76. The van der Waals surface area contributed by atoms with Gasteiger partial charge in [0, 0.05) is 19.3 Å². The van der Waals surface area contributed by atoms with Gasteiger partial charge in [-0.15, -0.1) is 0 Å². The molecular formula is C18H24N4O2. The van der Waals surface area contributed by atoms with Gasteiger partial charge in [0.2, 0.25) is 0 Å². The molecule has 0 unspecified atom stereocenters. The normalized spacial score (nSPS) is 15.2. The molecule has 1 fully saturated rings. The first-order chi connectivity index (χ1) is 11.8. The summed E-state index contributed by atoms with van der Waals surface area (Å²) >= 11 is 0. The van der Waals surface area contributed by atoms with E-state index in [0.717, 1.165) is 43.9 Å². The van der Waals surface area contributed by atoms with Crippen molar-refractivity contribution in [2.75, 3.05) is 32.1 Å². The van der Waals surface area contributed by atoms with Crippen molar-refractivity contribution < 1.29 is 9.47 Å². The van der Waals surface area contributed by atoms with Crippen LogP contribution in [0, 0.1) is 0 Å². The molecule has 1 aliphatic heterocycles. The lowest BCUT2D eigenvalue weighted by Crippen LogP contribution is -2.35. The molecule has 0 atom stereocenters. The fraction of sp³-hybridized carbons (Fsp3) is 0.444. The zero-order valence-electron chi connectivity index (χ0n) is 14.0. The van der Waals surface area contributed by atoms with E-state index in [0.29, 0.717) is 18.7 Å². The van der Waals surface area contributed by atoms with Gasteiger partial charge < -0.3 is 20.1 Å². The molecule has 1 aromatic heterocycles. The summed E-state index contributed by atoms with van der Waals surface area (Å²) in [5.74, 6) is 1.54. The van der Waals surface area contributed by atoms with Gasteiger partial charge in [0.05, 0.1) is 6.61 Å². The van der Waals surface area contributed by atoms with Gasteiger partial charge in [-0.05, 0) is 56.1 Å². The lowest BCUT2D eigenvalue weighted by Gasteiger charge is -2.24. The third-order valence-corrected chi connectivity index (χ3v) is 4.05. The first-order valence-electron chi connectivity index (χ1n) is 8.39. The highest BCUT2D eigenvalue weighted by Gasteiger charge is 2.13. The number of methoxy groups -OCH3 is 1. The number of piperidine rings is 1. The van der Waals surface area contributed by atoms with Crippen molar-refractivity contribution in [2.24, 2.45) is 0 Å². The summed E-state index contributed by atoms with van der Waals surface area (Å²) < 4.78 is 10.8. The molecule has 1 saturated heterocycles. The van der Waals surface area contributed by atoms with Crippen LogP contribution in [-0.4, -0.2) is 42.8 Å². The van der Waals surface area contributed by atoms with Gasteiger partial charge >= 0.3 is 6.01 Å². The lowest BCUT2D eigenvalue weighted by molar-refractivity contribution is 0.202. The number of anilines is 1. The van der Waals surface area contributed by atoms with Gasteiger partial charge in [-0.2, -0.15) is 4.98 Å². The number of benzene rings is 1. The Bertz CT molecular complexity index is 627. The second kappa shape index (κ2) is 8.61. The predicted molar refractivity (Wildman–Crippen MR) is 93.6 cm³/mol. The van der Waals surface area contributed by atoms with Crippen molar-refractivity contribution >= 4 is 5.82 Å². The zero-order chi connectivity index (χ0) is 16.6. The third-order valence-electron chi connectivity index (χ3n) is 4.05. The Hall–Kier alpha value is -2.18. The molecule has 0 spiro atoms. The minimum atomic E-state index is 0.360. The van der Waals surface area contributed by atoms with Crippen LogP contribution in [0.3, 0.4) is 0 Å². The summed E-state index contributed by atoms with van der Waals surface area (Å²) in [6.45, 7) is 2.80. The molecular weight excluding hydrogens is 304 g/mol. The Balaban J connectivity index is 1.59. The van der Waals surface area contributed by atoms with E-state index in [4.69, 9.17) is 9.47 Å². The Morgan fingerprint density at radius 1 is 1.17 bits per heavy atom. The molecule has 1 aliphatic rings. The lowest BCUT2D eigenvalue weighted by atomic mass is 10.1. The molecule has 2 heterocycles. The second-order valence-corrected chi connectivity index (χ2v) is 5.88. The van der Waals surface area contributed by atoms with Crippen LogP contribution in [0.4, 0.5) is 5.82 Å². The summed E-state index contributed by atoms with van der Waals surface area (Å²) in [5.41, 5.74) is 1.21. The fourth-order valence-electron chi connectivity index (χ4n) is 2.70. The largest absolute Gasteiger partial charge is 0.424 e. The van der Waals surface area contributed by atoms with Crippen molar-refractivity contribution in [3.05, 3.63) is 42.1 Å². The molecule has 0 bridgehead atoms. The van der Waals surface area contributed by atoms with Gasteiger partial charge in [-0.25, -0.2) is 4.98 Å². The molecule has 0 aliphatic carbocycles. The van der Waals surface area contributed by atoms with Crippen molar-refractivity contribution in [3.8, 4) is 11.8 Å². The molecule has 24 heavy (non-hydrogen) atoms. The van der Waals surface area contributed by atoms with E-state index in [1.165, 1.54) is 5.56 Å². The Labute approximate surface area is 142 Å². The van der Waals surface area contributed by atoms with E-state index in [1.54, 1.807) is 13.3 Å². The molecule has 128 valence electrons. The highest BCUT2D eigenvalue weighted by molar-refractivity contribution is 5.36. The van der Waals surface area contributed by atoms with Crippen LogP contribution in [-0.2, 0) is 11.2 Å². The average Bonchev–Trinajstić information content (AvgIpc) is 2.62. The summed E-state index contributed by atoms with van der Waals surface area (Å²) in [4.78, 5) is 8.64. The molecule has 3 rings (SSSR count). The molecule has 6 heteroatoms. The van der Waals surface area contributed by atoms with E-state index in [2.05, 4.69) is 20.6 Å². The van der Waals surface area contributed by atoms with Gasteiger partial charge in [-0.1, -0.05) is 12.1 Å². The highest BCUT2D eigenvalue weighted by Crippen LogP contribution is 2.20. The number of hydrogen-bond acceptors (Lipinski definition) is 6. The topological polar surface area (TPSA) is 68.3 Å². The quantitative estimate of drug-likeness (QED) is 0.814. The van der Waals surface area contributed by atoms with Crippen molar-refractivity contribution in [3.63, 3.8) is 0 Å². The molecule has 0 radical (unpaired) electrons. The van der Waals surface area contributed by atoms with Gasteiger partial charge in [0.25, 0.3) is 0 Å². The maximum Gasteiger partial charge on any atom is 0.323 e. The molecule has 6 nitrogen and oxygen atoms in total. The average molecular weight is 328 g/mol. The number of nitrogens with zero attached hydrogens (tertiary/aromatic N) is 2. The smallest absolute Gasteiger partial charge is 0.323 e. The minimum absolute atomic E-state index is 0.360. The minimum Gasteiger partial charge on any atom is -0.424 e. The molecule has 0 saturated carbocycles. The summed E-state index contributed by atoms with van der Waals surface area (Å²) in [7, 11) is 1.71. The monoisotopic (exact) mass is 328 g/mol. The van der Waals surface area contributed by atoms with E-state index in [9.17, 15) is 0 Å². The van der Waals surface area contributed by atoms with Crippen LogP contribution in [0.1, 0.15) is 18.4 Å². The van der Waals surface area contributed by atoms with E-state index < -0.39 is 0 Å². The van der Waals surface area contributed by atoms with Crippen LogP contribution in [0.5, 0.6) is 11.8 Å². The Kier molecular flexibility index (Phi) is 5.98. The van der Waals surface area contributed by atoms with Gasteiger partial charge in [-0.3, -0.25) is 0 Å². The Morgan fingerprint density at radius 2 is 1.96 bits per heavy atom. The SMILES string of the molecule is COCCc1ccc(Oc2nccc(NC3CCNCC3)n2)cc1. The molecule has 1 aromatic carbocycles. The first-order valence-corrected chi connectivity index (χ1v) is 8.39. The number of aromatic nitrogens is 2. The van der Waals surface area contributed by atoms with Crippen LogP contribution in [0.2, 0.25) is 0 Å². The highest BCUT2D eigenvalue weighted by atomic mass is 16.5. The summed E-state index contributed by atoms with van der Waals surface area (Å²) in [6, 6.07) is 10.6. The van der Waals surface area contributed by atoms with Crippen molar-refractivity contribution in [1.82, 2.24) is 15.3 Å². The zero-order valence-corrected chi connectivity index (χ0v) is 14.0. The van der Waals surface area contributed by atoms with E-state index >= 15 is 0 Å². The van der Waals surface area contributed by atoms with Gasteiger partial charge in [0.15, 0.2) is 0 Å². The van der Waals surface area contributed by atoms with Crippen LogP contribution in [0.15, 0.2) is 36.5 Å². The standard InChI is InChI=1S/C18H24N4O2/c1-23-13-9-14-2-4-16(5-3-14)24-18-20-12-8-17(22-18)21-15-6-10-19-11-7-15/h2-5,8,12,15,19H,6-7,9-11,13H2,1H3,(H,20,21,22). The fourth-order valence-corrected chi connectivity index (χ4v) is 2.70. The number of rotatable bonds is 7. The van der Waals surface area contributed by atoms with E-state index in [-0.39, 0.29) is 0 Å². The third kappa shape index (κ3) is 4.91. The first kappa shape index (κ1) is 16.7. The van der Waals surface area contributed by atoms with Crippen LogP contribution in [0.25, 0.3) is 0 Å².